The number of amides is 1. The first-order valence-corrected chi connectivity index (χ1v) is 6.77. The molecule has 2 saturated carbocycles. The minimum atomic E-state index is 0.163. The van der Waals surface area contributed by atoms with E-state index in [1.54, 1.807) is 0 Å². The van der Waals surface area contributed by atoms with Gasteiger partial charge in [0, 0.05) is 0 Å². The first-order valence-electron chi connectivity index (χ1n) is 6.77. The fraction of sp³-hybridized carbons (Fsp3) is 0.846. The van der Waals surface area contributed by atoms with E-state index in [4.69, 9.17) is 0 Å². The van der Waals surface area contributed by atoms with E-state index < -0.39 is 0 Å². The third-order valence-electron chi connectivity index (χ3n) is 4.26. The van der Waals surface area contributed by atoms with Crippen molar-refractivity contribution in [2.45, 2.75) is 63.8 Å². The largest absolute Gasteiger partial charge is 0.272 e. The molecule has 0 aromatic heterocycles. The summed E-state index contributed by atoms with van der Waals surface area (Å²) >= 11 is 0. The van der Waals surface area contributed by atoms with Crippen molar-refractivity contribution in [1.29, 1.82) is 0 Å². The number of rotatable bonds is 1. The van der Waals surface area contributed by atoms with Crippen LogP contribution in [0.15, 0.2) is 5.10 Å². The van der Waals surface area contributed by atoms with Crippen LogP contribution >= 0.6 is 0 Å². The number of carbonyl (C=O) groups is 1. The molecule has 3 heteroatoms. The lowest BCUT2D eigenvalue weighted by Gasteiger charge is -2.28. The summed E-state index contributed by atoms with van der Waals surface area (Å²) in [6.07, 6.45) is 10.7. The van der Waals surface area contributed by atoms with Gasteiger partial charge >= 0.3 is 0 Å². The fourth-order valence-corrected chi connectivity index (χ4v) is 3.32. The second-order valence-corrected chi connectivity index (χ2v) is 5.36. The highest BCUT2D eigenvalue weighted by molar-refractivity contribution is 6.08. The highest BCUT2D eigenvalue weighted by atomic mass is 16.2. The van der Waals surface area contributed by atoms with Crippen LogP contribution in [0.4, 0.5) is 0 Å². The molecule has 0 radical (unpaired) electrons. The Labute approximate surface area is 96.9 Å². The third-order valence-corrected chi connectivity index (χ3v) is 4.26. The summed E-state index contributed by atoms with van der Waals surface area (Å²) in [6.45, 7) is 0. The summed E-state index contributed by atoms with van der Waals surface area (Å²) < 4.78 is 0. The Balaban J connectivity index is 1.76. The van der Waals surface area contributed by atoms with E-state index in [1.165, 1.54) is 37.8 Å². The maximum Gasteiger partial charge on any atom is 0.251 e. The van der Waals surface area contributed by atoms with Crippen LogP contribution in [0.3, 0.4) is 0 Å². The van der Waals surface area contributed by atoms with Crippen LogP contribution < -0.4 is 0 Å². The molecule has 3 nitrogen and oxygen atoms in total. The van der Waals surface area contributed by atoms with E-state index in [9.17, 15) is 4.79 Å². The van der Waals surface area contributed by atoms with Crippen molar-refractivity contribution < 1.29 is 4.79 Å². The van der Waals surface area contributed by atoms with Gasteiger partial charge in [-0.3, -0.25) is 4.79 Å². The van der Waals surface area contributed by atoms with Crippen molar-refractivity contribution in [1.82, 2.24) is 5.01 Å². The molecule has 1 heterocycles. The van der Waals surface area contributed by atoms with Crippen LogP contribution in [0.1, 0.15) is 57.8 Å². The molecule has 16 heavy (non-hydrogen) atoms. The molecule has 1 unspecified atom stereocenters. The highest BCUT2D eigenvalue weighted by Crippen LogP contribution is 2.33. The predicted molar refractivity (Wildman–Crippen MR) is 63.1 cm³/mol. The quantitative estimate of drug-likeness (QED) is 0.668. The smallest absolute Gasteiger partial charge is 0.251 e. The van der Waals surface area contributed by atoms with Crippen LogP contribution in [0.25, 0.3) is 0 Å². The first-order chi connectivity index (χ1) is 7.86. The van der Waals surface area contributed by atoms with Gasteiger partial charge in [0.15, 0.2) is 0 Å². The standard InChI is InChI=1S/C13H20N2O/c16-13-11-8-4-5-9-12(11)14-15(13)10-6-2-1-3-7-10/h10-11H,1-9H2. The second kappa shape index (κ2) is 4.19. The van der Waals surface area contributed by atoms with Crippen molar-refractivity contribution in [3.63, 3.8) is 0 Å². The summed E-state index contributed by atoms with van der Waals surface area (Å²) in [5.41, 5.74) is 1.18. The van der Waals surface area contributed by atoms with Crippen LogP contribution in [-0.2, 0) is 4.79 Å². The minimum absolute atomic E-state index is 0.163. The van der Waals surface area contributed by atoms with Gasteiger partial charge in [0.25, 0.3) is 5.91 Å². The van der Waals surface area contributed by atoms with Gasteiger partial charge in [-0.05, 0) is 32.1 Å². The molecule has 0 bridgehead atoms. The Kier molecular flexibility index (Phi) is 2.70. The summed E-state index contributed by atoms with van der Waals surface area (Å²) in [7, 11) is 0. The monoisotopic (exact) mass is 220 g/mol. The number of carbonyl (C=O) groups excluding carboxylic acids is 1. The molecular formula is C13H20N2O. The van der Waals surface area contributed by atoms with E-state index in [1.807, 2.05) is 5.01 Å². The fourth-order valence-electron chi connectivity index (χ4n) is 3.32. The van der Waals surface area contributed by atoms with Crippen molar-refractivity contribution in [3.05, 3.63) is 0 Å². The molecule has 1 atom stereocenters. The van der Waals surface area contributed by atoms with Crippen molar-refractivity contribution in [2.75, 3.05) is 0 Å². The molecule has 0 N–H and O–H groups in total. The van der Waals surface area contributed by atoms with Crippen molar-refractivity contribution in [3.8, 4) is 0 Å². The molecule has 0 aromatic carbocycles. The number of fused-ring (bicyclic) bond motifs is 1. The Morgan fingerprint density at radius 1 is 1.00 bits per heavy atom. The van der Waals surface area contributed by atoms with E-state index in [2.05, 4.69) is 5.10 Å². The summed E-state index contributed by atoms with van der Waals surface area (Å²) in [5, 5.41) is 6.47. The third kappa shape index (κ3) is 1.66. The molecule has 2 aliphatic carbocycles. The topological polar surface area (TPSA) is 32.7 Å². The lowest BCUT2D eigenvalue weighted by Crippen LogP contribution is -2.37. The molecule has 2 fully saturated rings. The minimum Gasteiger partial charge on any atom is -0.272 e. The van der Waals surface area contributed by atoms with Crippen molar-refractivity contribution >= 4 is 11.6 Å². The lowest BCUT2D eigenvalue weighted by atomic mass is 9.87. The summed E-state index contributed by atoms with van der Waals surface area (Å²) in [6, 6.07) is 0.416. The number of hydrazone groups is 1. The summed E-state index contributed by atoms with van der Waals surface area (Å²) in [4.78, 5) is 12.3. The van der Waals surface area contributed by atoms with Crippen LogP contribution in [-0.4, -0.2) is 22.7 Å². The number of hydrogen-bond acceptors (Lipinski definition) is 2. The van der Waals surface area contributed by atoms with E-state index in [-0.39, 0.29) is 5.92 Å². The Morgan fingerprint density at radius 3 is 2.50 bits per heavy atom. The zero-order valence-corrected chi connectivity index (χ0v) is 9.82. The maximum absolute atomic E-state index is 12.3. The molecule has 0 spiro atoms. The van der Waals surface area contributed by atoms with Gasteiger partial charge in [-0.1, -0.05) is 25.7 Å². The van der Waals surface area contributed by atoms with Crippen molar-refractivity contribution in [2.24, 2.45) is 11.0 Å². The Hall–Kier alpha value is -0.860. The zero-order chi connectivity index (χ0) is 11.0. The molecule has 3 rings (SSSR count). The molecule has 0 aromatic rings. The molecule has 1 aliphatic heterocycles. The SMILES string of the molecule is O=C1C2CCCCC2=NN1C1CCCCC1. The number of hydrogen-bond donors (Lipinski definition) is 0. The van der Waals surface area contributed by atoms with Gasteiger partial charge < -0.3 is 0 Å². The summed E-state index contributed by atoms with van der Waals surface area (Å²) in [5.74, 6) is 0.470. The normalized spacial score (nSPS) is 31.5. The zero-order valence-electron chi connectivity index (χ0n) is 9.82. The van der Waals surface area contributed by atoms with E-state index in [0.717, 1.165) is 25.7 Å². The van der Waals surface area contributed by atoms with E-state index >= 15 is 0 Å². The number of nitrogens with zero attached hydrogens (tertiary/aromatic N) is 2. The van der Waals surface area contributed by atoms with Crippen LogP contribution in [0.2, 0.25) is 0 Å². The van der Waals surface area contributed by atoms with Gasteiger partial charge in [-0.2, -0.15) is 5.10 Å². The second-order valence-electron chi connectivity index (χ2n) is 5.36. The Bertz CT molecular complexity index is 318. The van der Waals surface area contributed by atoms with Gasteiger partial charge in [0.2, 0.25) is 0 Å². The Morgan fingerprint density at radius 2 is 1.75 bits per heavy atom. The molecule has 88 valence electrons. The van der Waals surface area contributed by atoms with Crippen LogP contribution in [0, 0.1) is 5.92 Å². The molecule has 1 amide bonds. The van der Waals surface area contributed by atoms with Crippen LogP contribution in [0.5, 0.6) is 0 Å². The van der Waals surface area contributed by atoms with Gasteiger partial charge in [-0.15, -0.1) is 0 Å². The first kappa shape index (κ1) is 10.3. The van der Waals surface area contributed by atoms with Gasteiger partial charge in [0.1, 0.15) is 0 Å². The molecule has 0 saturated heterocycles. The molecule has 3 aliphatic rings. The molecular weight excluding hydrogens is 200 g/mol. The predicted octanol–water partition coefficient (Wildman–Crippen LogP) is 2.71. The maximum atomic E-state index is 12.3. The van der Waals surface area contributed by atoms with Gasteiger partial charge in [-0.25, -0.2) is 5.01 Å². The van der Waals surface area contributed by atoms with Gasteiger partial charge in [0.05, 0.1) is 17.7 Å². The lowest BCUT2D eigenvalue weighted by molar-refractivity contribution is -0.134. The highest BCUT2D eigenvalue weighted by Gasteiger charge is 2.39. The average Bonchev–Trinajstić information content (AvgIpc) is 2.69. The van der Waals surface area contributed by atoms with E-state index in [0.29, 0.717) is 11.9 Å². The average molecular weight is 220 g/mol.